The highest BCUT2D eigenvalue weighted by atomic mass is 32.2. The Morgan fingerprint density at radius 3 is 2.89 bits per heavy atom. The van der Waals surface area contributed by atoms with E-state index in [-0.39, 0.29) is 0 Å². The number of nitrogens with one attached hydrogen (secondary N) is 1. The average molecular weight is 292 g/mol. The van der Waals surface area contributed by atoms with Gasteiger partial charge >= 0.3 is 0 Å². The third-order valence-electron chi connectivity index (χ3n) is 3.36. The Kier molecular flexibility index (Phi) is 5.93. The summed E-state index contributed by atoms with van der Waals surface area (Å²) >= 11 is 3.79. The van der Waals surface area contributed by atoms with Crippen molar-refractivity contribution in [2.24, 2.45) is 5.92 Å². The number of benzene rings is 1. The monoisotopic (exact) mass is 292 g/mol. The molecule has 0 spiro atoms. The van der Waals surface area contributed by atoms with Crippen molar-refractivity contribution in [3.63, 3.8) is 0 Å². The van der Waals surface area contributed by atoms with Crippen LogP contribution in [0.5, 0.6) is 0 Å². The van der Waals surface area contributed by atoms with Crippen molar-refractivity contribution < 1.29 is 0 Å². The van der Waals surface area contributed by atoms with Gasteiger partial charge in [-0.2, -0.15) is 17.0 Å². The molecule has 0 amide bonds. The molecule has 1 aromatic rings. The molecule has 1 aliphatic heterocycles. The molecule has 1 aliphatic rings. The fraction of sp³-hybridized carbons (Fsp3) is 0.533. The van der Waals surface area contributed by atoms with Gasteiger partial charge in [0.25, 0.3) is 0 Å². The maximum absolute atomic E-state index is 9.36. The molecular formula is C15H20N2S2. The molecule has 0 saturated carbocycles. The van der Waals surface area contributed by atoms with E-state index in [1.54, 1.807) is 11.8 Å². The number of hydrogen-bond acceptors (Lipinski definition) is 4. The van der Waals surface area contributed by atoms with Crippen molar-refractivity contribution in [3.05, 3.63) is 23.8 Å². The Morgan fingerprint density at radius 2 is 2.21 bits per heavy atom. The van der Waals surface area contributed by atoms with E-state index in [9.17, 15) is 5.26 Å². The summed E-state index contributed by atoms with van der Waals surface area (Å²) in [6.07, 6.45) is 2.59. The van der Waals surface area contributed by atoms with E-state index in [1.807, 2.05) is 18.2 Å². The van der Waals surface area contributed by atoms with Gasteiger partial charge in [-0.1, -0.05) is 13.0 Å². The van der Waals surface area contributed by atoms with E-state index in [1.165, 1.54) is 24.3 Å². The number of hydrogen-bond donors (Lipinski definition) is 1. The molecule has 19 heavy (non-hydrogen) atoms. The minimum absolute atomic E-state index is 0.760. The topological polar surface area (TPSA) is 35.8 Å². The van der Waals surface area contributed by atoms with Crippen LogP contribution in [0.1, 0.15) is 25.3 Å². The lowest BCUT2D eigenvalue weighted by Crippen LogP contribution is -2.19. The van der Waals surface area contributed by atoms with E-state index >= 15 is 0 Å². The first-order chi connectivity index (χ1) is 9.35. The second-order valence-corrected chi connectivity index (χ2v) is 7.19. The molecule has 1 saturated heterocycles. The van der Waals surface area contributed by atoms with Crippen molar-refractivity contribution in [1.82, 2.24) is 0 Å². The Morgan fingerprint density at radius 1 is 1.42 bits per heavy atom. The normalized spacial score (nSPS) is 16.0. The second-order valence-electron chi connectivity index (χ2n) is 4.66. The molecule has 1 N–H and O–H groups in total. The molecule has 0 aliphatic carbocycles. The Balaban J connectivity index is 2.02. The van der Waals surface area contributed by atoms with Gasteiger partial charge in [-0.05, 0) is 48.2 Å². The van der Waals surface area contributed by atoms with Crippen molar-refractivity contribution in [2.45, 2.75) is 24.7 Å². The van der Waals surface area contributed by atoms with Crippen molar-refractivity contribution in [3.8, 4) is 6.07 Å². The lowest BCUT2D eigenvalue weighted by atomic mass is 10.0. The first kappa shape index (κ1) is 14.6. The van der Waals surface area contributed by atoms with Crippen LogP contribution in [0.4, 0.5) is 5.69 Å². The van der Waals surface area contributed by atoms with Crippen LogP contribution in [0, 0.1) is 17.2 Å². The summed E-state index contributed by atoms with van der Waals surface area (Å²) < 4.78 is 0. The SMILES string of the molecule is CCSc1cccc(NCC2CCSCC2)c1C#N. The van der Waals surface area contributed by atoms with Crippen LogP contribution in [0.2, 0.25) is 0 Å². The molecule has 2 nitrogen and oxygen atoms in total. The molecule has 0 atom stereocenters. The fourth-order valence-electron chi connectivity index (χ4n) is 2.27. The summed E-state index contributed by atoms with van der Waals surface area (Å²) in [6, 6.07) is 8.45. The van der Waals surface area contributed by atoms with Crippen LogP contribution in [0.15, 0.2) is 23.1 Å². The van der Waals surface area contributed by atoms with E-state index in [0.29, 0.717) is 0 Å². The van der Waals surface area contributed by atoms with E-state index in [0.717, 1.165) is 34.4 Å². The quantitative estimate of drug-likeness (QED) is 0.824. The molecule has 1 fully saturated rings. The maximum Gasteiger partial charge on any atom is 0.102 e. The number of anilines is 1. The molecule has 1 heterocycles. The fourth-order valence-corrected chi connectivity index (χ4v) is 4.26. The van der Waals surface area contributed by atoms with Gasteiger partial charge in [-0.15, -0.1) is 11.8 Å². The van der Waals surface area contributed by atoms with Crippen molar-refractivity contribution in [1.29, 1.82) is 5.26 Å². The summed E-state index contributed by atoms with van der Waals surface area (Å²) in [7, 11) is 0. The highest BCUT2D eigenvalue weighted by Crippen LogP contribution is 2.29. The summed E-state index contributed by atoms with van der Waals surface area (Å²) in [6.45, 7) is 3.11. The van der Waals surface area contributed by atoms with Crippen molar-refractivity contribution in [2.75, 3.05) is 29.1 Å². The van der Waals surface area contributed by atoms with Crippen LogP contribution in [-0.2, 0) is 0 Å². The van der Waals surface area contributed by atoms with Crippen LogP contribution in [0.3, 0.4) is 0 Å². The van der Waals surface area contributed by atoms with Crippen LogP contribution < -0.4 is 5.32 Å². The minimum Gasteiger partial charge on any atom is -0.384 e. The van der Waals surface area contributed by atoms with Gasteiger partial charge in [0.15, 0.2) is 0 Å². The lowest BCUT2D eigenvalue weighted by Gasteiger charge is -2.22. The predicted octanol–water partition coefficient (Wildman–Crippen LogP) is 4.23. The van der Waals surface area contributed by atoms with Gasteiger partial charge in [0.1, 0.15) is 6.07 Å². The highest BCUT2D eigenvalue weighted by Gasteiger charge is 2.14. The number of rotatable bonds is 5. The van der Waals surface area contributed by atoms with E-state index < -0.39 is 0 Å². The first-order valence-corrected chi connectivity index (χ1v) is 8.96. The van der Waals surface area contributed by atoms with Gasteiger partial charge in [-0.25, -0.2) is 0 Å². The van der Waals surface area contributed by atoms with Gasteiger partial charge in [0.05, 0.1) is 11.3 Å². The molecule has 1 aromatic carbocycles. The molecular weight excluding hydrogens is 272 g/mol. The number of nitriles is 1. The summed E-state index contributed by atoms with van der Waals surface area (Å²) in [5.74, 6) is 4.32. The summed E-state index contributed by atoms with van der Waals surface area (Å²) in [4.78, 5) is 1.09. The summed E-state index contributed by atoms with van der Waals surface area (Å²) in [5, 5.41) is 12.8. The standard InChI is InChI=1S/C15H20N2S2/c1-2-19-15-5-3-4-14(13(15)10-16)17-11-12-6-8-18-9-7-12/h3-5,12,17H,2,6-9,11H2,1H3. The Hall–Kier alpha value is -0.790. The van der Waals surface area contributed by atoms with Gasteiger partial charge in [0.2, 0.25) is 0 Å². The minimum atomic E-state index is 0.760. The van der Waals surface area contributed by atoms with Crippen LogP contribution in [-0.4, -0.2) is 23.8 Å². The van der Waals surface area contributed by atoms with Crippen molar-refractivity contribution >= 4 is 29.2 Å². The Labute approximate surface area is 124 Å². The predicted molar refractivity (Wildman–Crippen MR) is 86.1 cm³/mol. The van der Waals surface area contributed by atoms with Crippen LogP contribution in [0.25, 0.3) is 0 Å². The molecule has 0 bridgehead atoms. The van der Waals surface area contributed by atoms with Gasteiger partial charge in [-0.3, -0.25) is 0 Å². The third-order valence-corrected chi connectivity index (χ3v) is 5.35. The molecule has 0 unspecified atom stereocenters. The maximum atomic E-state index is 9.36. The zero-order chi connectivity index (χ0) is 13.5. The molecule has 0 aromatic heterocycles. The van der Waals surface area contributed by atoms with Gasteiger partial charge < -0.3 is 5.32 Å². The smallest absolute Gasteiger partial charge is 0.102 e. The molecule has 2 rings (SSSR count). The second kappa shape index (κ2) is 7.72. The number of thioether (sulfide) groups is 2. The molecule has 0 radical (unpaired) electrons. The zero-order valence-corrected chi connectivity index (χ0v) is 12.9. The first-order valence-electron chi connectivity index (χ1n) is 6.82. The van der Waals surface area contributed by atoms with E-state index in [4.69, 9.17) is 0 Å². The Bertz CT molecular complexity index is 448. The van der Waals surface area contributed by atoms with Gasteiger partial charge in [0, 0.05) is 11.4 Å². The summed E-state index contributed by atoms with van der Waals surface area (Å²) in [5.41, 5.74) is 1.80. The number of nitrogens with zero attached hydrogens (tertiary/aromatic N) is 1. The lowest BCUT2D eigenvalue weighted by molar-refractivity contribution is 0.516. The molecule has 4 heteroatoms. The molecule has 102 valence electrons. The highest BCUT2D eigenvalue weighted by molar-refractivity contribution is 7.99. The largest absolute Gasteiger partial charge is 0.384 e. The average Bonchev–Trinajstić information content (AvgIpc) is 2.46. The van der Waals surface area contributed by atoms with Crippen LogP contribution >= 0.6 is 23.5 Å². The zero-order valence-electron chi connectivity index (χ0n) is 11.3. The third kappa shape index (κ3) is 4.09. The van der Waals surface area contributed by atoms with E-state index in [2.05, 4.69) is 30.1 Å².